The van der Waals surface area contributed by atoms with Crippen molar-refractivity contribution in [3.8, 4) is 5.75 Å². The van der Waals surface area contributed by atoms with Gasteiger partial charge in [-0.2, -0.15) is 0 Å². The zero-order chi connectivity index (χ0) is 28.4. The molecule has 0 spiro atoms. The van der Waals surface area contributed by atoms with Gasteiger partial charge in [0.15, 0.2) is 17.1 Å². The molecular formula is C28H36ClN5O5. The number of fused-ring (bicyclic) bond motifs is 1. The summed E-state index contributed by atoms with van der Waals surface area (Å²) in [4.78, 5) is 46.0. The molecule has 210 valence electrons. The number of benzene rings is 1. The van der Waals surface area contributed by atoms with Crippen molar-refractivity contribution in [3.63, 3.8) is 0 Å². The highest BCUT2D eigenvalue weighted by Gasteiger charge is 2.31. The molecule has 3 heterocycles. The van der Waals surface area contributed by atoms with Crippen molar-refractivity contribution in [3.05, 3.63) is 56.7 Å². The fraction of sp³-hybridized carbons (Fsp3) is 0.500. The third-order valence-electron chi connectivity index (χ3n) is 6.91. The number of aryl methyl sites for hydroxylation is 1. The fourth-order valence-corrected chi connectivity index (χ4v) is 5.23. The van der Waals surface area contributed by atoms with E-state index in [-0.39, 0.29) is 58.8 Å². The number of rotatable bonds is 8. The predicted molar refractivity (Wildman–Crippen MR) is 150 cm³/mol. The smallest absolute Gasteiger partial charge is 0.272 e. The average molecular weight is 558 g/mol. The number of amides is 2. The molecule has 2 amide bonds. The summed E-state index contributed by atoms with van der Waals surface area (Å²) in [5, 5.41) is 13.0. The van der Waals surface area contributed by atoms with Crippen molar-refractivity contribution in [2.24, 2.45) is 7.05 Å². The van der Waals surface area contributed by atoms with E-state index in [1.54, 1.807) is 27.1 Å². The first-order chi connectivity index (χ1) is 18.5. The number of nitrogens with zero attached hydrogens (tertiary/aromatic N) is 4. The van der Waals surface area contributed by atoms with Crippen LogP contribution in [0.5, 0.6) is 5.75 Å². The third-order valence-corrected chi connectivity index (χ3v) is 7.14. The molecule has 4 rings (SSSR count). The molecule has 0 unspecified atom stereocenters. The molecule has 10 nitrogen and oxygen atoms in total. The Morgan fingerprint density at radius 2 is 1.90 bits per heavy atom. The molecule has 0 atom stereocenters. The fourth-order valence-electron chi connectivity index (χ4n) is 5.02. The van der Waals surface area contributed by atoms with Gasteiger partial charge in [0.1, 0.15) is 17.8 Å². The number of ether oxygens (including phenoxy) is 1. The predicted octanol–water partition coefficient (Wildman–Crippen LogP) is 3.06. The van der Waals surface area contributed by atoms with Crippen LogP contribution in [0, 0.1) is 0 Å². The van der Waals surface area contributed by atoms with E-state index in [1.165, 1.54) is 0 Å². The first-order valence-electron chi connectivity index (χ1n) is 13.3. The largest absolute Gasteiger partial charge is 0.488 e. The lowest BCUT2D eigenvalue weighted by Gasteiger charge is -2.32. The third kappa shape index (κ3) is 5.96. The Labute approximate surface area is 232 Å². The first kappa shape index (κ1) is 28.6. The van der Waals surface area contributed by atoms with E-state index in [0.717, 1.165) is 5.56 Å². The van der Waals surface area contributed by atoms with E-state index in [1.807, 2.05) is 45.9 Å². The lowest BCUT2D eigenvalue weighted by molar-refractivity contribution is -0.135. The van der Waals surface area contributed by atoms with Crippen molar-refractivity contribution in [1.29, 1.82) is 0 Å². The van der Waals surface area contributed by atoms with Crippen molar-refractivity contribution >= 4 is 34.4 Å². The molecule has 1 aliphatic heterocycles. The summed E-state index contributed by atoms with van der Waals surface area (Å²) in [6, 6.07) is 7.18. The Kier molecular flexibility index (Phi) is 8.66. The van der Waals surface area contributed by atoms with Crippen molar-refractivity contribution in [2.75, 3.05) is 19.7 Å². The molecule has 1 saturated heterocycles. The second-order valence-electron chi connectivity index (χ2n) is 10.5. The Balaban J connectivity index is 1.77. The van der Waals surface area contributed by atoms with E-state index < -0.39 is 6.61 Å². The van der Waals surface area contributed by atoms with Gasteiger partial charge in [0.2, 0.25) is 5.91 Å². The summed E-state index contributed by atoms with van der Waals surface area (Å²) in [6.45, 7) is 8.27. The number of carbonyl (C=O) groups is 2. The molecule has 1 aliphatic rings. The number of hydrogen-bond donors (Lipinski definition) is 2. The van der Waals surface area contributed by atoms with Gasteiger partial charge in [-0.05, 0) is 44.4 Å². The Morgan fingerprint density at radius 3 is 2.49 bits per heavy atom. The molecule has 1 aromatic carbocycles. The highest BCUT2D eigenvalue weighted by Crippen LogP contribution is 2.32. The van der Waals surface area contributed by atoms with Crippen LogP contribution in [0.1, 0.15) is 68.3 Å². The number of halogens is 1. The standard InChI is InChI=1S/C28H36ClN5O5/c1-16(2)25-31-26-22(28(38)34(25)14-18-7-6-8-19(29)13-18)24(39-17(3)4)23(32(26)5)27(37)30-20-9-11-33(12-10-20)21(36)15-35/h6-8,13,16-17,20,35H,9-12,14-15H2,1-5H3,(H,30,37). The minimum absolute atomic E-state index is 0.0604. The SMILES string of the molecule is CC(C)Oc1c(C(=O)NC2CCN(C(=O)CO)CC2)n(C)c2nc(C(C)C)n(Cc3cccc(Cl)c3)c(=O)c12. The first-order valence-corrected chi connectivity index (χ1v) is 13.6. The van der Waals surface area contributed by atoms with Gasteiger partial charge in [-0.25, -0.2) is 4.98 Å². The molecule has 2 aromatic heterocycles. The van der Waals surface area contributed by atoms with Crippen LogP contribution in [0.15, 0.2) is 29.1 Å². The van der Waals surface area contributed by atoms with Gasteiger partial charge >= 0.3 is 0 Å². The highest BCUT2D eigenvalue weighted by molar-refractivity contribution is 6.30. The molecule has 39 heavy (non-hydrogen) atoms. The zero-order valence-electron chi connectivity index (χ0n) is 23.0. The number of nitrogens with one attached hydrogen (secondary N) is 1. The minimum Gasteiger partial charge on any atom is -0.488 e. The number of aliphatic hydroxyl groups is 1. The second-order valence-corrected chi connectivity index (χ2v) is 11.0. The number of aliphatic hydroxyl groups excluding tert-OH is 1. The Morgan fingerprint density at radius 1 is 1.21 bits per heavy atom. The molecule has 0 saturated carbocycles. The van der Waals surface area contributed by atoms with Crippen molar-refractivity contribution < 1.29 is 19.4 Å². The summed E-state index contributed by atoms with van der Waals surface area (Å²) >= 11 is 6.20. The monoisotopic (exact) mass is 557 g/mol. The van der Waals surface area contributed by atoms with Crippen LogP contribution in [-0.4, -0.2) is 67.8 Å². The number of hydrogen-bond acceptors (Lipinski definition) is 6. The van der Waals surface area contributed by atoms with Crippen LogP contribution in [0.3, 0.4) is 0 Å². The number of piperidine rings is 1. The summed E-state index contributed by atoms with van der Waals surface area (Å²) in [7, 11) is 1.71. The molecule has 11 heteroatoms. The second kappa shape index (κ2) is 11.8. The topological polar surface area (TPSA) is 119 Å². The van der Waals surface area contributed by atoms with Gasteiger partial charge in [-0.3, -0.25) is 19.0 Å². The van der Waals surface area contributed by atoms with Crippen LogP contribution in [0.25, 0.3) is 11.0 Å². The quantitative estimate of drug-likeness (QED) is 0.439. The van der Waals surface area contributed by atoms with Gasteiger partial charge in [0.25, 0.3) is 11.5 Å². The summed E-state index contributed by atoms with van der Waals surface area (Å²) in [5.74, 6) is 0.0551. The van der Waals surface area contributed by atoms with E-state index >= 15 is 0 Å². The van der Waals surface area contributed by atoms with Gasteiger partial charge in [-0.1, -0.05) is 37.6 Å². The van der Waals surface area contributed by atoms with E-state index in [2.05, 4.69) is 5.32 Å². The molecule has 0 aliphatic carbocycles. The average Bonchev–Trinajstić information content (AvgIpc) is 3.16. The summed E-state index contributed by atoms with van der Waals surface area (Å²) in [6.07, 6.45) is 0.828. The molecule has 1 fully saturated rings. The van der Waals surface area contributed by atoms with Crippen LogP contribution in [0.4, 0.5) is 0 Å². The van der Waals surface area contributed by atoms with Gasteiger partial charge in [0.05, 0.1) is 12.6 Å². The van der Waals surface area contributed by atoms with E-state index in [0.29, 0.717) is 42.4 Å². The Bertz CT molecular complexity index is 1440. The van der Waals surface area contributed by atoms with Gasteiger partial charge in [-0.15, -0.1) is 0 Å². The lowest BCUT2D eigenvalue weighted by atomic mass is 10.0. The van der Waals surface area contributed by atoms with Crippen LogP contribution < -0.4 is 15.6 Å². The normalized spacial score (nSPS) is 14.4. The number of carbonyl (C=O) groups excluding carboxylic acids is 2. The summed E-state index contributed by atoms with van der Waals surface area (Å²) in [5.41, 5.74) is 1.19. The lowest BCUT2D eigenvalue weighted by Crippen LogP contribution is -2.47. The van der Waals surface area contributed by atoms with E-state index in [9.17, 15) is 14.4 Å². The maximum absolute atomic E-state index is 14.1. The molecule has 0 radical (unpaired) electrons. The highest BCUT2D eigenvalue weighted by atomic mass is 35.5. The maximum atomic E-state index is 14.1. The number of aromatic nitrogens is 3. The molecule has 0 bridgehead atoms. The maximum Gasteiger partial charge on any atom is 0.272 e. The van der Waals surface area contributed by atoms with Crippen LogP contribution >= 0.6 is 11.6 Å². The van der Waals surface area contributed by atoms with E-state index in [4.69, 9.17) is 26.4 Å². The molecular weight excluding hydrogens is 522 g/mol. The van der Waals surface area contributed by atoms with Crippen molar-refractivity contribution in [1.82, 2.24) is 24.3 Å². The molecule has 3 aromatic rings. The van der Waals surface area contributed by atoms with Crippen LogP contribution in [-0.2, 0) is 18.4 Å². The zero-order valence-corrected chi connectivity index (χ0v) is 23.8. The number of likely N-dealkylation sites (tertiary alicyclic amines) is 1. The van der Waals surface area contributed by atoms with Crippen molar-refractivity contribution in [2.45, 2.75) is 65.1 Å². The minimum atomic E-state index is -0.525. The Hall–Kier alpha value is -3.37. The molecule has 2 N–H and O–H groups in total. The van der Waals surface area contributed by atoms with Gasteiger partial charge < -0.3 is 24.6 Å². The van der Waals surface area contributed by atoms with Crippen LogP contribution in [0.2, 0.25) is 5.02 Å². The van der Waals surface area contributed by atoms with Gasteiger partial charge in [0, 0.05) is 37.1 Å². The summed E-state index contributed by atoms with van der Waals surface area (Å²) < 4.78 is 9.38.